The lowest BCUT2D eigenvalue weighted by Gasteiger charge is -2.28. The van der Waals surface area contributed by atoms with E-state index in [2.05, 4.69) is 0 Å². The van der Waals surface area contributed by atoms with Crippen molar-refractivity contribution in [2.75, 3.05) is 7.11 Å². The van der Waals surface area contributed by atoms with Crippen LogP contribution in [0.25, 0.3) is 0 Å². The van der Waals surface area contributed by atoms with Crippen LogP contribution in [0.1, 0.15) is 42.3 Å². The third-order valence-corrected chi connectivity index (χ3v) is 3.57. The second-order valence-electron chi connectivity index (χ2n) is 5.64. The fraction of sp³-hybridized carbons (Fsp3) is 0.438. The zero-order chi connectivity index (χ0) is 14.9. The van der Waals surface area contributed by atoms with Crippen LogP contribution in [0.4, 0.5) is 0 Å². The minimum Gasteiger partial charge on any atom is -0.388 e. The number of benzene rings is 1. The Morgan fingerprint density at radius 1 is 1.40 bits per heavy atom. The van der Waals surface area contributed by atoms with Gasteiger partial charge in [0.05, 0.1) is 11.7 Å². The molecule has 0 bridgehead atoms. The molecule has 0 aromatic heterocycles. The van der Waals surface area contributed by atoms with Crippen LogP contribution in [0, 0.1) is 0 Å². The quantitative estimate of drug-likeness (QED) is 0.829. The number of hydrogen-bond acceptors (Lipinski definition) is 4. The third kappa shape index (κ3) is 2.82. The highest BCUT2D eigenvalue weighted by atomic mass is 16.5. The predicted molar refractivity (Wildman–Crippen MR) is 75.5 cm³/mol. The van der Waals surface area contributed by atoms with Gasteiger partial charge in [-0.15, -0.1) is 0 Å². The summed E-state index contributed by atoms with van der Waals surface area (Å²) in [4.78, 5) is 12.4. The van der Waals surface area contributed by atoms with E-state index in [1.165, 1.54) is 7.11 Å². The predicted octanol–water partition coefficient (Wildman–Crippen LogP) is 2.02. The summed E-state index contributed by atoms with van der Waals surface area (Å²) < 4.78 is 5.23. The van der Waals surface area contributed by atoms with Gasteiger partial charge in [-0.3, -0.25) is 4.79 Å². The maximum Gasteiger partial charge on any atom is 0.189 e. The highest BCUT2D eigenvalue weighted by Crippen LogP contribution is 2.33. The number of ketones is 1. The third-order valence-electron chi connectivity index (χ3n) is 3.57. The van der Waals surface area contributed by atoms with E-state index in [1.807, 2.05) is 0 Å². The Hall–Kier alpha value is -1.49. The maximum absolute atomic E-state index is 12.4. The van der Waals surface area contributed by atoms with Crippen molar-refractivity contribution in [1.82, 2.24) is 0 Å². The molecule has 4 heteroatoms. The van der Waals surface area contributed by atoms with Gasteiger partial charge in [-0.25, -0.2) is 0 Å². The molecule has 0 heterocycles. The number of fused-ring (bicyclic) bond motifs is 1. The van der Waals surface area contributed by atoms with Crippen LogP contribution in [0.5, 0.6) is 0 Å². The molecule has 0 aliphatic heterocycles. The van der Waals surface area contributed by atoms with E-state index >= 15 is 0 Å². The molecule has 0 saturated heterocycles. The van der Waals surface area contributed by atoms with Gasteiger partial charge in [0.1, 0.15) is 6.10 Å². The van der Waals surface area contributed by atoms with Gasteiger partial charge in [0.2, 0.25) is 0 Å². The smallest absolute Gasteiger partial charge is 0.189 e. The van der Waals surface area contributed by atoms with Crippen LogP contribution in [0.2, 0.25) is 0 Å². The van der Waals surface area contributed by atoms with E-state index in [0.29, 0.717) is 16.7 Å². The molecule has 1 aromatic carbocycles. The molecule has 1 aliphatic carbocycles. The number of carbonyl (C=O) groups excluding carboxylic acids is 1. The average molecular weight is 276 g/mol. The molecule has 2 rings (SSSR count). The summed E-state index contributed by atoms with van der Waals surface area (Å²) in [6.07, 6.45) is 0.557. The first-order chi connectivity index (χ1) is 9.34. The molecule has 2 N–H and O–H groups in total. The van der Waals surface area contributed by atoms with E-state index in [1.54, 1.807) is 44.2 Å². The van der Waals surface area contributed by atoms with E-state index in [9.17, 15) is 15.0 Å². The Morgan fingerprint density at radius 2 is 2.05 bits per heavy atom. The fourth-order valence-electron chi connectivity index (χ4n) is 2.47. The Labute approximate surface area is 118 Å². The lowest BCUT2D eigenvalue weighted by Crippen LogP contribution is -2.36. The standard InChI is InChI=1S/C16H20O4/c1-16(2,19)14(20-3)9-10-8-13(17)11-6-4-5-7-12(11)15(10)18/h4-7,9,13-14,17,19H,8H2,1-3H3. The molecule has 0 radical (unpaired) electrons. The molecule has 0 saturated carbocycles. The van der Waals surface area contributed by atoms with Gasteiger partial charge >= 0.3 is 0 Å². The molecule has 1 aliphatic rings. The van der Waals surface area contributed by atoms with Crippen LogP contribution < -0.4 is 0 Å². The van der Waals surface area contributed by atoms with Gasteiger partial charge < -0.3 is 14.9 Å². The molecule has 0 fully saturated rings. The highest BCUT2D eigenvalue weighted by molar-refractivity contribution is 6.10. The first-order valence-corrected chi connectivity index (χ1v) is 6.62. The number of carbonyl (C=O) groups is 1. The van der Waals surface area contributed by atoms with E-state index in [-0.39, 0.29) is 12.2 Å². The molecular weight excluding hydrogens is 256 g/mol. The Morgan fingerprint density at radius 3 is 2.65 bits per heavy atom. The first kappa shape index (κ1) is 14.9. The molecule has 2 atom stereocenters. The van der Waals surface area contributed by atoms with Crippen molar-refractivity contribution in [2.45, 2.75) is 38.1 Å². The number of methoxy groups -OCH3 is 1. The molecule has 2 unspecified atom stereocenters. The van der Waals surface area contributed by atoms with Crippen LogP contribution >= 0.6 is 0 Å². The summed E-state index contributed by atoms with van der Waals surface area (Å²) in [6.45, 7) is 3.24. The number of hydrogen-bond donors (Lipinski definition) is 2. The largest absolute Gasteiger partial charge is 0.388 e. The van der Waals surface area contributed by atoms with Gasteiger partial charge in [-0.05, 0) is 25.5 Å². The summed E-state index contributed by atoms with van der Waals surface area (Å²) in [5.41, 5.74) is 0.560. The van der Waals surface area contributed by atoms with Crippen molar-refractivity contribution in [3.05, 3.63) is 47.0 Å². The normalized spacial score (nSPS) is 22.8. The molecule has 108 valence electrons. The summed E-state index contributed by atoms with van der Waals surface area (Å²) in [7, 11) is 1.48. The fourth-order valence-corrected chi connectivity index (χ4v) is 2.47. The van der Waals surface area contributed by atoms with Gasteiger partial charge in [-0.1, -0.05) is 24.3 Å². The summed E-state index contributed by atoms with van der Waals surface area (Å²) >= 11 is 0. The number of rotatable bonds is 3. The minimum absolute atomic E-state index is 0.114. The van der Waals surface area contributed by atoms with E-state index < -0.39 is 17.8 Å². The number of ether oxygens (including phenoxy) is 1. The molecule has 20 heavy (non-hydrogen) atoms. The molecule has 0 amide bonds. The molecule has 1 aromatic rings. The Bertz CT molecular complexity index is 540. The van der Waals surface area contributed by atoms with Crippen molar-refractivity contribution >= 4 is 5.78 Å². The van der Waals surface area contributed by atoms with Crippen molar-refractivity contribution in [2.24, 2.45) is 0 Å². The summed E-state index contributed by atoms with van der Waals surface area (Å²) in [5.74, 6) is -0.114. The first-order valence-electron chi connectivity index (χ1n) is 6.62. The van der Waals surface area contributed by atoms with E-state index in [0.717, 1.165) is 0 Å². The van der Waals surface area contributed by atoms with Crippen LogP contribution in [-0.2, 0) is 4.74 Å². The number of aliphatic hydroxyl groups is 2. The van der Waals surface area contributed by atoms with Gasteiger partial charge in [-0.2, -0.15) is 0 Å². The monoisotopic (exact) mass is 276 g/mol. The van der Waals surface area contributed by atoms with Crippen molar-refractivity contribution in [3.63, 3.8) is 0 Å². The lowest BCUT2D eigenvalue weighted by molar-refractivity contribution is -0.0449. The minimum atomic E-state index is -1.09. The van der Waals surface area contributed by atoms with Gasteiger partial charge in [0, 0.05) is 24.7 Å². The van der Waals surface area contributed by atoms with E-state index in [4.69, 9.17) is 4.74 Å². The zero-order valence-electron chi connectivity index (χ0n) is 12.0. The summed E-state index contributed by atoms with van der Waals surface area (Å²) in [5, 5.41) is 20.2. The van der Waals surface area contributed by atoms with Gasteiger partial charge in [0.15, 0.2) is 5.78 Å². The highest BCUT2D eigenvalue weighted by Gasteiger charge is 2.31. The summed E-state index contributed by atoms with van der Waals surface area (Å²) in [6, 6.07) is 7.05. The topological polar surface area (TPSA) is 66.8 Å². The van der Waals surface area contributed by atoms with Crippen LogP contribution in [0.15, 0.2) is 35.9 Å². The van der Waals surface area contributed by atoms with Crippen molar-refractivity contribution in [3.8, 4) is 0 Å². The SMILES string of the molecule is COC(C=C1CC(O)c2ccccc2C1=O)C(C)(C)O. The molecule has 4 nitrogen and oxygen atoms in total. The van der Waals surface area contributed by atoms with Crippen molar-refractivity contribution < 1.29 is 19.7 Å². The van der Waals surface area contributed by atoms with Crippen LogP contribution in [-0.4, -0.2) is 34.8 Å². The Kier molecular flexibility index (Phi) is 4.09. The maximum atomic E-state index is 12.4. The molecular formula is C16H20O4. The zero-order valence-corrected chi connectivity index (χ0v) is 12.0. The lowest BCUT2D eigenvalue weighted by atomic mass is 9.83. The second kappa shape index (κ2) is 5.48. The van der Waals surface area contributed by atoms with Crippen LogP contribution in [0.3, 0.4) is 0 Å². The molecule has 0 spiro atoms. The second-order valence-corrected chi connectivity index (χ2v) is 5.64. The number of Topliss-reactive ketones (excluding diaryl/α,β-unsaturated/α-hetero) is 1. The number of aliphatic hydroxyl groups excluding tert-OH is 1. The Balaban J connectivity index is 2.39. The van der Waals surface area contributed by atoms with Crippen molar-refractivity contribution in [1.29, 1.82) is 0 Å². The average Bonchev–Trinajstić information content (AvgIpc) is 2.40. The van der Waals surface area contributed by atoms with Gasteiger partial charge in [0.25, 0.3) is 0 Å².